The van der Waals surface area contributed by atoms with Crippen LogP contribution in [0.1, 0.15) is 55.1 Å². The summed E-state index contributed by atoms with van der Waals surface area (Å²) in [6, 6.07) is 1.85. The van der Waals surface area contributed by atoms with Crippen LogP contribution in [0.4, 0.5) is 0 Å². The first-order chi connectivity index (χ1) is 8.17. The number of aromatic nitrogens is 1. The van der Waals surface area contributed by atoms with Gasteiger partial charge in [-0.05, 0) is 37.7 Å². The summed E-state index contributed by atoms with van der Waals surface area (Å²) in [5, 5.41) is 3.09. The first-order valence-corrected chi connectivity index (χ1v) is 6.59. The molecule has 1 aliphatic carbocycles. The van der Waals surface area contributed by atoms with E-state index in [9.17, 15) is 4.79 Å². The fourth-order valence-electron chi connectivity index (χ4n) is 2.78. The van der Waals surface area contributed by atoms with E-state index in [0.717, 1.165) is 17.8 Å². The lowest BCUT2D eigenvalue weighted by atomic mass is 9.66. The second-order valence-corrected chi connectivity index (χ2v) is 5.30. The maximum Gasteiger partial charge on any atom is 0.253 e. The summed E-state index contributed by atoms with van der Waals surface area (Å²) in [5.74, 6) is 0.0612. The fraction of sp³-hybridized carbons (Fsp3) is 0.643. The lowest BCUT2D eigenvalue weighted by Crippen LogP contribution is -2.42. The predicted octanol–water partition coefficient (Wildman–Crippen LogP) is 3.02. The second kappa shape index (κ2) is 4.94. The van der Waals surface area contributed by atoms with E-state index in [1.54, 1.807) is 0 Å². The molecular weight excluding hydrogens is 212 g/mol. The zero-order chi connectivity index (χ0) is 12.3. The number of amides is 1. The molecule has 0 aromatic carbocycles. The molecule has 0 saturated heterocycles. The summed E-state index contributed by atoms with van der Waals surface area (Å²) in [5.41, 5.74) is 2.12. The molecule has 0 spiro atoms. The molecule has 1 aromatic heterocycles. The Bertz CT molecular complexity index is 391. The van der Waals surface area contributed by atoms with Gasteiger partial charge in [-0.25, -0.2) is 0 Å². The number of H-pyrrole nitrogens is 1. The molecule has 17 heavy (non-hydrogen) atoms. The van der Waals surface area contributed by atoms with Gasteiger partial charge in [-0.2, -0.15) is 0 Å². The fourth-order valence-corrected chi connectivity index (χ4v) is 2.78. The van der Waals surface area contributed by atoms with Crippen molar-refractivity contribution in [3.8, 4) is 0 Å². The van der Waals surface area contributed by atoms with Crippen LogP contribution in [0.5, 0.6) is 0 Å². The molecular formula is C14H22N2O. The van der Waals surface area contributed by atoms with Crippen LogP contribution in [0.2, 0.25) is 0 Å². The van der Waals surface area contributed by atoms with Crippen molar-refractivity contribution in [2.45, 2.75) is 46.0 Å². The summed E-state index contributed by atoms with van der Waals surface area (Å²) < 4.78 is 0. The summed E-state index contributed by atoms with van der Waals surface area (Å²) in [4.78, 5) is 15.0. The zero-order valence-corrected chi connectivity index (χ0v) is 10.8. The lowest BCUT2D eigenvalue weighted by molar-refractivity contribution is 0.0832. The van der Waals surface area contributed by atoms with Crippen molar-refractivity contribution in [2.75, 3.05) is 6.54 Å². The number of hydrogen-bond donors (Lipinski definition) is 2. The van der Waals surface area contributed by atoms with Gasteiger partial charge in [0.15, 0.2) is 0 Å². The van der Waals surface area contributed by atoms with Crippen molar-refractivity contribution < 1.29 is 4.79 Å². The topological polar surface area (TPSA) is 44.9 Å². The highest BCUT2D eigenvalue weighted by Crippen LogP contribution is 2.44. The van der Waals surface area contributed by atoms with Crippen molar-refractivity contribution in [1.29, 1.82) is 0 Å². The molecule has 1 heterocycles. The molecule has 0 radical (unpaired) electrons. The van der Waals surface area contributed by atoms with Crippen LogP contribution in [0.15, 0.2) is 12.3 Å². The Hall–Kier alpha value is -1.25. The highest BCUT2D eigenvalue weighted by molar-refractivity contribution is 5.95. The molecule has 3 nitrogen and oxygen atoms in total. The summed E-state index contributed by atoms with van der Waals surface area (Å²) >= 11 is 0. The molecule has 2 rings (SSSR count). The van der Waals surface area contributed by atoms with Gasteiger partial charge in [0, 0.05) is 18.4 Å². The highest BCUT2D eigenvalue weighted by atomic mass is 16.1. The largest absolute Gasteiger partial charge is 0.365 e. The molecule has 0 bridgehead atoms. The maximum absolute atomic E-state index is 12.0. The second-order valence-electron chi connectivity index (χ2n) is 5.30. The number of hydrogen-bond acceptors (Lipinski definition) is 1. The van der Waals surface area contributed by atoms with E-state index < -0.39 is 0 Å². The number of carbonyl (C=O) groups excluding carboxylic acids is 1. The van der Waals surface area contributed by atoms with Crippen LogP contribution < -0.4 is 5.32 Å². The van der Waals surface area contributed by atoms with Crippen LogP contribution in [0, 0.1) is 12.3 Å². The molecule has 2 N–H and O–H groups in total. The minimum absolute atomic E-state index is 0.0612. The van der Waals surface area contributed by atoms with Crippen molar-refractivity contribution >= 4 is 5.91 Å². The van der Waals surface area contributed by atoms with E-state index in [2.05, 4.69) is 17.2 Å². The number of carbonyl (C=O) groups is 1. The highest BCUT2D eigenvalue weighted by Gasteiger charge is 2.36. The summed E-state index contributed by atoms with van der Waals surface area (Å²) in [6.45, 7) is 4.99. The van der Waals surface area contributed by atoms with Crippen LogP contribution in [-0.2, 0) is 0 Å². The molecule has 1 aliphatic rings. The van der Waals surface area contributed by atoms with Gasteiger partial charge in [-0.3, -0.25) is 4.79 Å². The van der Waals surface area contributed by atoms with Crippen molar-refractivity contribution in [1.82, 2.24) is 10.3 Å². The minimum Gasteiger partial charge on any atom is -0.365 e. The Kier molecular flexibility index (Phi) is 3.55. The van der Waals surface area contributed by atoms with Crippen molar-refractivity contribution in [3.63, 3.8) is 0 Å². The quantitative estimate of drug-likeness (QED) is 0.808. The van der Waals surface area contributed by atoms with E-state index in [1.165, 1.54) is 32.1 Å². The summed E-state index contributed by atoms with van der Waals surface area (Å²) in [6.07, 6.45) is 8.12. The number of aromatic amines is 1. The number of aryl methyl sites for hydroxylation is 1. The monoisotopic (exact) mass is 234 g/mol. The molecule has 0 aliphatic heterocycles. The Balaban J connectivity index is 1.90. The van der Waals surface area contributed by atoms with Crippen LogP contribution in [-0.4, -0.2) is 17.4 Å². The summed E-state index contributed by atoms with van der Waals surface area (Å²) in [7, 11) is 0. The third kappa shape index (κ3) is 2.54. The molecule has 3 heteroatoms. The molecule has 0 unspecified atom stereocenters. The van der Waals surface area contributed by atoms with Gasteiger partial charge >= 0.3 is 0 Å². The number of rotatable bonds is 5. The van der Waals surface area contributed by atoms with Crippen molar-refractivity contribution in [3.05, 3.63) is 23.5 Å². The average molecular weight is 234 g/mol. The third-order valence-electron chi connectivity index (χ3n) is 4.02. The first kappa shape index (κ1) is 12.2. The predicted molar refractivity (Wildman–Crippen MR) is 69.1 cm³/mol. The van der Waals surface area contributed by atoms with E-state index in [-0.39, 0.29) is 5.91 Å². The SMILES string of the molecule is CCCC1(CNC(=O)c2cc[nH]c2C)CCC1. The van der Waals surface area contributed by atoms with Gasteiger partial charge in [-0.1, -0.05) is 19.8 Å². The molecule has 1 aromatic rings. The molecule has 0 atom stereocenters. The normalized spacial score (nSPS) is 17.5. The number of nitrogens with one attached hydrogen (secondary N) is 2. The van der Waals surface area contributed by atoms with Gasteiger partial charge < -0.3 is 10.3 Å². The maximum atomic E-state index is 12.0. The Labute approximate surface area is 103 Å². The van der Waals surface area contributed by atoms with Crippen molar-refractivity contribution in [2.24, 2.45) is 5.41 Å². The van der Waals surface area contributed by atoms with E-state index in [1.807, 2.05) is 19.2 Å². The van der Waals surface area contributed by atoms with Gasteiger partial charge in [0.2, 0.25) is 0 Å². The Morgan fingerprint density at radius 2 is 2.29 bits per heavy atom. The van der Waals surface area contributed by atoms with E-state index in [0.29, 0.717) is 5.41 Å². The van der Waals surface area contributed by atoms with E-state index >= 15 is 0 Å². The smallest absolute Gasteiger partial charge is 0.253 e. The molecule has 1 amide bonds. The van der Waals surface area contributed by atoms with E-state index in [4.69, 9.17) is 0 Å². The van der Waals surface area contributed by atoms with Crippen LogP contribution >= 0.6 is 0 Å². The van der Waals surface area contributed by atoms with Crippen LogP contribution in [0.3, 0.4) is 0 Å². The van der Waals surface area contributed by atoms with Gasteiger partial charge in [0.1, 0.15) is 0 Å². The molecule has 1 fully saturated rings. The van der Waals surface area contributed by atoms with Gasteiger partial charge in [0.25, 0.3) is 5.91 Å². The zero-order valence-electron chi connectivity index (χ0n) is 10.8. The molecule has 94 valence electrons. The standard InChI is InChI=1S/C14H22N2O/c1-3-6-14(7-4-8-14)10-16-13(17)12-5-9-15-11(12)2/h5,9,15H,3-4,6-8,10H2,1-2H3,(H,16,17). The first-order valence-electron chi connectivity index (χ1n) is 6.59. The van der Waals surface area contributed by atoms with Gasteiger partial charge in [-0.15, -0.1) is 0 Å². The minimum atomic E-state index is 0.0612. The van der Waals surface area contributed by atoms with Gasteiger partial charge in [0.05, 0.1) is 5.56 Å². The molecule has 1 saturated carbocycles. The Morgan fingerprint density at radius 1 is 1.53 bits per heavy atom. The lowest BCUT2D eigenvalue weighted by Gasteiger charge is -2.42. The Morgan fingerprint density at radius 3 is 2.76 bits per heavy atom. The van der Waals surface area contributed by atoms with Crippen LogP contribution in [0.25, 0.3) is 0 Å². The third-order valence-corrected chi connectivity index (χ3v) is 4.02. The average Bonchev–Trinajstić information content (AvgIpc) is 2.68.